The van der Waals surface area contributed by atoms with Crippen molar-refractivity contribution in [3.8, 4) is 0 Å². The number of non-ortho nitro benzene ring substituents is 1. The van der Waals surface area contributed by atoms with Gasteiger partial charge in [0.25, 0.3) is 5.69 Å². The predicted octanol–water partition coefficient (Wildman–Crippen LogP) is 5.06. The van der Waals surface area contributed by atoms with Gasteiger partial charge in [0.1, 0.15) is 5.82 Å². The number of hydrogen-bond acceptors (Lipinski definition) is 3. The molecule has 5 nitrogen and oxygen atoms in total. The fourth-order valence-electron chi connectivity index (χ4n) is 2.85. The van der Waals surface area contributed by atoms with Gasteiger partial charge in [-0.3, -0.25) is 10.1 Å². The minimum Gasteiger partial charge on any atom is -0.338 e. The first-order chi connectivity index (χ1) is 12.7. The van der Waals surface area contributed by atoms with Crippen molar-refractivity contribution in [2.24, 2.45) is 0 Å². The van der Waals surface area contributed by atoms with Crippen LogP contribution in [0.25, 0.3) is 22.7 Å². The summed E-state index contributed by atoms with van der Waals surface area (Å²) in [6.07, 6.45) is 1.98. The zero-order chi connectivity index (χ0) is 17.9. The lowest BCUT2D eigenvalue weighted by atomic mass is 10.0. The van der Waals surface area contributed by atoms with Crippen molar-refractivity contribution in [1.29, 1.82) is 0 Å². The lowest BCUT2D eigenvalue weighted by Crippen LogP contribution is -1.91. The van der Waals surface area contributed by atoms with E-state index in [0.717, 1.165) is 33.6 Å². The Hall–Kier alpha value is -3.73. The largest absolute Gasteiger partial charge is 0.338 e. The predicted molar refractivity (Wildman–Crippen MR) is 103 cm³/mol. The molecule has 0 amide bonds. The first-order valence-electron chi connectivity index (χ1n) is 8.17. The zero-order valence-corrected chi connectivity index (χ0v) is 13.8. The Morgan fingerprint density at radius 1 is 0.923 bits per heavy atom. The lowest BCUT2D eigenvalue weighted by molar-refractivity contribution is -0.384. The molecule has 4 rings (SSSR count). The van der Waals surface area contributed by atoms with Crippen LogP contribution < -0.4 is 0 Å². The average Bonchev–Trinajstić information content (AvgIpc) is 3.11. The van der Waals surface area contributed by atoms with Crippen LogP contribution in [0, 0.1) is 10.1 Å². The van der Waals surface area contributed by atoms with E-state index in [4.69, 9.17) is 4.98 Å². The number of benzene rings is 3. The Morgan fingerprint density at radius 3 is 2.31 bits per heavy atom. The molecule has 5 heteroatoms. The second-order valence-corrected chi connectivity index (χ2v) is 5.88. The van der Waals surface area contributed by atoms with Gasteiger partial charge in [-0.05, 0) is 41.5 Å². The summed E-state index contributed by atoms with van der Waals surface area (Å²) in [7, 11) is 0. The summed E-state index contributed by atoms with van der Waals surface area (Å²) < 4.78 is 0. The Kier molecular flexibility index (Phi) is 4.03. The molecule has 126 valence electrons. The van der Waals surface area contributed by atoms with Crippen LogP contribution in [0.4, 0.5) is 5.69 Å². The third kappa shape index (κ3) is 3.10. The highest BCUT2D eigenvalue weighted by Crippen LogP contribution is 2.26. The first kappa shape index (κ1) is 15.8. The molecule has 3 aromatic carbocycles. The topological polar surface area (TPSA) is 71.8 Å². The number of rotatable bonds is 4. The standard InChI is InChI=1S/C21H15N3O2/c25-24(26)17-12-10-15(11-13-17)14-18(16-6-2-1-3-7-16)21-22-19-8-4-5-9-20(19)23-21/h1-14H,(H,22,23). The third-order valence-electron chi connectivity index (χ3n) is 4.14. The number of aromatic amines is 1. The molecule has 0 unspecified atom stereocenters. The van der Waals surface area contributed by atoms with Gasteiger partial charge in [0.2, 0.25) is 0 Å². The molecule has 0 aliphatic carbocycles. The van der Waals surface area contributed by atoms with Gasteiger partial charge in [-0.1, -0.05) is 42.5 Å². The van der Waals surface area contributed by atoms with Crippen molar-refractivity contribution in [3.63, 3.8) is 0 Å². The van der Waals surface area contributed by atoms with E-state index in [1.165, 1.54) is 12.1 Å². The van der Waals surface area contributed by atoms with Gasteiger partial charge < -0.3 is 4.98 Å². The van der Waals surface area contributed by atoms with Crippen molar-refractivity contribution in [2.75, 3.05) is 0 Å². The molecule has 0 saturated carbocycles. The van der Waals surface area contributed by atoms with Crippen LogP contribution in [-0.2, 0) is 0 Å². The van der Waals surface area contributed by atoms with Gasteiger partial charge in [0.15, 0.2) is 0 Å². The van der Waals surface area contributed by atoms with Gasteiger partial charge in [-0.15, -0.1) is 0 Å². The Labute approximate surface area is 149 Å². The van der Waals surface area contributed by atoms with Crippen LogP contribution in [-0.4, -0.2) is 14.9 Å². The van der Waals surface area contributed by atoms with Crippen LogP contribution in [0.2, 0.25) is 0 Å². The number of aromatic nitrogens is 2. The summed E-state index contributed by atoms with van der Waals surface area (Å²) in [5.41, 5.74) is 4.75. The molecule has 26 heavy (non-hydrogen) atoms. The van der Waals surface area contributed by atoms with E-state index in [1.807, 2.05) is 60.7 Å². The van der Waals surface area contributed by atoms with Crippen molar-refractivity contribution < 1.29 is 4.92 Å². The van der Waals surface area contributed by atoms with Crippen molar-refractivity contribution in [1.82, 2.24) is 9.97 Å². The third-order valence-corrected chi connectivity index (χ3v) is 4.14. The Morgan fingerprint density at radius 2 is 1.62 bits per heavy atom. The van der Waals surface area contributed by atoms with Gasteiger partial charge in [0, 0.05) is 17.7 Å². The maximum atomic E-state index is 10.9. The summed E-state index contributed by atoms with van der Waals surface area (Å²) >= 11 is 0. The van der Waals surface area contributed by atoms with Crippen molar-refractivity contribution >= 4 is 28.4 Å². The first-order valence-corrected chi connectivity index (χ1v) is 8.17. The smallest absolute Gasteiger partial charge is 0.269 e. The molecule has 0 radical (unpaired) electrons. The molecule has 0 bridgehead atoms. The van der Waals surface area contributed by atoms with Crippen molar-refractivity contribution in [3.05, 3.63) is 106 Å². The van der Waals surface area contributed by atoms with Crippen LogP contribution in [0.5, 0.6) is 0 Å². The highest BCUT2D eigenvalue weighted by molar-refractivity contribution is 5.91. The maximum absolute atomic E-state index is 10.9. The average molecular weight is 341 g/mol. The number of H-pyrrole nitrogens is 1. The highest BCUT2D eigenvalue weighted by Gasteiger charge is 2.11. The van der Waals surface area contributed by atoms with Crippen molar-refractivity contribution in [2.45, 2.75) is 0 Å². The number of nitro benzene ring substituents is 1. The minimum atomic E-state index is -0.398. The van der Waals surface area contributed by atoms with Crippen LogP contribution in [0.15, 0.2) is 78.9 Å². The van der Waals surface area contributed by atoms with Crippen LogP contribution in [0.3, 0.4) is 0 Å². The summed E-state index contributed by atoms with van der Waals surface area (Å²) in [5.74, 6) is 0.760. The summed E-state index contributed by atoms with van der Waals surface area (Å²) in [6, 6.07) is 24.3. The normalized spacial score (nSPS) is 11.6. The molecule has 1 heterocycles. The molecule has 0 aliphatic heterocycles. The highest BCUT2D eigenvalue weighted by atomic mass is 16.6. The minimum absolute atomic E-state index is 0.0761. The van der Waals surface area contributed by atoms with E-state index in [2.05, 4.69) is 4.98 Å². The molecule has 1 aromatic heterocycles. The fourth-order valence-corrected chi connectivity index (χ4v) is 2.85. The molecule has 1 N–H and O–H groups in total. The number of nitrogens with one attached hydrogen (secondary N) is 1. The zero-order valence-electron chi connectivity index (χ0n) is 13.8. The van der Waals surface area contributed by atoms with E-state index in [-0.39, 0.29) is 5.69 Å². The molecule has 0 atom stereocenters. The SMILES string of the molecule is O=[N+]([O-])c1ccc(C=C(c2ccccc2)c2nc3ccccc3[nH]2)cc1. The van der Waals surface area contributed by atoms with Gasteiger partial charge in [-0.2, -0.15) is 0 Å². The van der Waals surface area contributed by atoms with Gasteiger partial charge >= 0.3 is 0 Å². The monoisotopic (exact) mass is 341 g/mol. The summed E-state index contributed by atoms with van der Waals surface area (Å²) in [4.78, 5) is 18.5. The second-order valence-electron chi connectivity index (χ2n) is 5.88. The number of nitro groups is 1. The quantitative estimate of drug-likeness (QED) is 0.320. The fraction of sp³-hybridized carbons (Fsp3) is 0. The Balaban J connectivity index is 1.84. The number of imidazole rings is 1. The van der Waals surface area contributed by atoms with E-state index in [9.17, 15) is 10.1 Å². The summed E-state index contributed by atoms with van der Waals surface area (Å²) in [6.45, 7) is 0. The van der Waals surface area contributed by atoms with E-state index < -0.39 is 4.92 Å². The second kappa shape index (κ2) is 6.64. The van der Waals surface area contributed by atoms with Crippen LogP contribution >= 0.6 is 0 Å². The lowest BCUT2D eigenvalue weighted by Gasteiger charge is -2.05. The molecular weight excluding hydrogens is 326 g/mol. The number of hydrogen-bond donors (Lipinski definition) is 1. The molecule has 0 aliphatic rings. The van der Waals surface area contributed by atoms with E-state index in [1.54, 1.807) is 12.1 Å². The number of fused-ring (bicyclic) bond motifs is 1. The molecule has 0 spiro atoms. The molecule has 4 aromatic rings. The number of para-hydroxylation sites is 2. The molecule has 0 fully saturated rings. The van der Waals surface area contributed by atoms with E-state index in [0.29, 0.717) is 0 Å². The van der Waals surface area contributed by atoms with Gasteiger partial charge in [-0.25, -0.2) is 4.98 Å². The molecule has 0 saturated heterocycles. The number of nitrogens with zero attached hydrogens (tertiary/aromatic N) is 2. The maximum Gasteiger partial charge on any atom is 0.269 e. The molecular formula is C21H15N3O2. The van der Waals surface area contributed by atoms with Gasteiger partial charge in [0.05, 0.1) is 16.0 Å². The Bertz CT molecular complexity index is 1060. The summed E-state index contributed by atoms with van der Waals surface area (Å²) in [5, 5.41) is 10.9. The van der Waals surface area contributed by atoms with E-state index >= 15 is 0 Å². The van der Waals surface area contributed by atoms with Crippen LogP contribution in [0.1, 0.15) is 17.0 Å².